The molecule has 35 heavy (non-hydrogen) atoms. The van der Waals surface area contributed by atoms with E-state index in [1.807, 2.05) is 0 Å². The fourth-order valence-corrected chi connectivity index (χ4v) is 12.1. The third-order valence-electron chi connectivity index (χ3n) is 8.01. The fourth-order valence-electron chi connectivity index (χ4n) is 5.95. The second kappa shape index (κ2) is 9.67. The van der Waals surface area contributed by atoms with E-state index in [-0.39, 0.29) is 0 Å². The molecule has 0 fully saturated rings. The molecule has 0 nitrogen and oxygen atoms in total. The Morgan fingerprint density at radius 1 is 0.971 bits per heavy atom. The second-order valence-corrected chi connectivity index (χ2v) is 15.6. The Hall–Kier alpha value is -1.07. The van der Waals surface area contributed by atoms with Gasteiger partial charge in [-0.05, 0) is 79.4 Å². The van der Waals surface area contributed by atoms with Crippen LogP contribution in [0.25, 0.3) is 10.1 Å². The van der Waals surface area contributed by atoms with Crippen molar-refractivity contribution < 1.29 is 0 Å². The standard InChI is InChI=1S/C31H32S4/c1-19-7-9-21(10-8-19)12-14-23-16-29-31(33-23)25-18-26-24(17-27(25)35-29)30-28(34-26)15-22(32-30)13-11-20-5-3-2-4-6-20/h2-5,7,9-10,15,17-20,23,28,30H,6,8,11-14,16H2,1H3. The third kappa shape index (κ3) is 4.58. The average Bonchev–Trinajstić information content (AvgIpc) is 3.61. The Morgan fingerprint density at radius 2 is 1.94 bits per heavy atom. The van der Waals surface area contributed by atoms with E-state index >= 15 is 0 Å². The minimum absolute atomic E-state index is 0.632. The van der Waals surface area contributed by atoms with Crippen LogP contribution in [0.2, 0.25) is 0 Å². The smallest absolute Gasteiger partial charge is 0.0510 e. The first-order valence-electron chi connectivity index (χ1n) is 13.2. The molecule has 0 amide bonds. The molecule has 4 heterocycles. The van der Waals surface area contributed by atoms with Gasteiger partial charge >= 0.3 is 0 Å². The van der Waals surface area contributed by atoms with Gasteiger partial charge in [0.25, 0.3) is 0 Å². The highest BCUT2D eigenvalue weighted by Gasteiger charge is 2.39. The lowest BCUT2D eigenvalue weighted by Crippen LogP contribution is -2.02. The molecule has 5 aliphatic rings. The zero-order valence-corrected chi connectivity index (χ0v) is 23.5. The fraction of sp³-hybridized carbons (Fsp3) is 0.419. The number of hydrogen-bond acceptors (Lipinski definition) is 4. The molecule has 3 aliphatic heterocycles. The summed E-state index contributed by atoms with van der Waals surface area (Å²) in [5.41, 5.74) is 3.16. The van der Waals surface area contributed by atoms with Gasteiger partial charge in [0.05, 0.1) is 5.25 Å². The summed E-state index contributed by atoms with van der Waals surface area (Å²) >= 11 is 8.54. The van der Waals surface area contributed by atoms with Gasteiger partial charge in [0, 0.05) is 35.3 Å². The van der Waals surface area contributed by atoms with Crippen LogP contribution in [-0.4, -0.2) is 10.5 Å². The Labute approximate surface area is 226 Å². The SMILES string of the molecule is CC1C=CC(CCC2Cc3sc4cc5c(cc4c3S2)SC2C=C(CCC3C=CC=CC3)SC52)=CC1. The number of benzene rings is 1. The highest BCUT2D eigenvalue weighted by molar-refractivity contribution is 8.07. The molecule has 1 aromatic carbocycles. The molecule has 4 heteroatoms. The molecule has 0 N–H and O–H groups in total. The van der Waals surface area contributed by atoms with E-state index in [0.29, 0.717) is 16.4 Å². The van der Waals surface area contributed by atoms with Gasteiger partial charge in [-0.15, -0.1) is 46.6 Å². The Balaban J connectivity index is 1.01. The van der Waals surface area contributed by atoms with Crippen molar-refractivity contribution in [2.75, 3.05) is 0 Å². The van der Waals surface area contributed by atoms with Crippen LogP contribution in [0.15, 0.2) is 81.0 Å². The third-order valence-corrected chi connectivity index (χ3v) is 13.7. The van der Waals surface area contributed by atoms with E-state index in [9.17, 15) is 0 Å². The summed E-state index contributed by atoms with van der Waals surface area (Å²) in [5, 5.41) is 3.56. The summed E-state index contributed by atoms with van der Waals surface area (Å²) < 4.78 is 1.53. The molecule has 5 atom stereocenters. The van der Waals surface area contributed by atoms with Crippen LogP contribution >= 0.6 is 46.6 Å². The van der Waals surface area contributed by atoms with Gasteiger partial charge in [-0.25, -0.2) is 0 Å². The van der Waals surface area contributed by atoms with Crippen molar-refractivity contribution in [3.63, 3.8) is 0 Å². The highest BCUT2D eigenvalue weighted by atomic mass is 32.2. The van der Waals surface area contributed by atoms with Crippen molar-refractivity contribution in [3.05, 3.63) is 81.7 Å². The maximum Gasteiger partial charge on any atom is 0.0510 e. The van der Waals surface area contributed by atoms with E-state index in [0.717, 1.165) is 11.2 Å². The molecule has 1 aromatic heterocycles. The van der Waals surface area contributed by atoms with Crippen LogP contribution in [0.1, 0.15) is 61.1 Å². The van der Waals surface area contributed by atoms with Crippen LogP contribution in [0.3, 0.4) is 0 Å². The Kier molecular flexibility index (Phi) is 6.37. The van der Waals surface area contributed by atoms with Crippen molar-refractivity contribution in [3.8, 4) is 0 Å². The molecule has 0 spiro atoms. The van der Waals surface area contributed by atoms with E-state index in [4.69, 9.17) is 0 Å². The van der Waals surface area contributed by atoms with Gasteiger partial charge in [-0.1, -0.05) is 61.1 Å². The van der Waals surface area contributed by atoms with Crippen molar-refractivity contribution in [2.24, 2.45) is 11.8 Å². The summed E-state index contributed by atoms with van der Waals surface area (Å²) in [6.07, 6.45) is 27.7. The summed E-state index contributed by atoms with van der Waals surface area (Å²) in [6, 6.07) is 5.12. The molecule has 0 bridgehead atoms. The summed E-state index contributed by atoms with van der Waals surface area (Å²) in [7, 11) is 0. The van der Waals surface area contributed by atoms with E-state index in [1.54, 1.807) is 36.1 Å². The monoisotopic (exact) mass is 532 g/mol. The number of fused-ring (bicyclic) bond motifs is 6. The number of thiophene rings is 1. The van der Waals surface area contributed by atoms with Crippen LogP contribution in [0.5, 0.6) is 0 Å². The maximum atomic E-state index is 2.60. The van der Waals surface area contributed by atoms with Crippen LogP contribution < -0.4 is 0 Å². The quantitative estimate of drug-likeness (QED) is 0.363. The minimum atomic E-state index is 0.632. The largest absolute Gasteiger partial charge is 0.139 e. The Morgan fingerprint density at radius 3 is 2.80 bits per heavy atom. The number of allylic oxidation sites excluding steroid dienone is 9. The first kappa shape index (κ1) is 23.1. The van der Waals surface area contributed by atoms with Gasteiger partial charge in [0.15, 0.2) is 0 Å². The van der Waals surface area contributed by atoms with Crippen molar-refractivity contribution in [2.45, 2.75) is 77.4 Å². The zero-order chi connectivity index (χ0) is 23.4. The molecule has 2 aliphatic carbocycles. The maximum absolute atomic E-state index is 2.60. The Bertz CT molecular complexity index is 1300. The number of hydrogen-bond donors (Lipinski definition) is 0. The van der Waals surface area contributed by atoms with Crippen LogP contribution in [-0.2, 0) is 6.42 Å². The van der Waals surface area contributed by atoms with E-state index < -0.39 is 0 Å². The molecule has 0 saturated heterocycles. The van der Waals surface area contributed by atoms with Crippen molar-refractivity contribution >= 4 is 56.7 Å². The van der Waals surface area contributed by atoms with E-state index in [2.05, 4.69) is 114 Å². The topological polar surface area (TPSA) is 0 Å². The normalized spacial score (nSPS) is 30.5. The highest BCUT2D eigenvalue weighted by Crippen LogP contribution is 2.60. The van der Waals surface area contributed by atoms with Gasteiger partial charge in [0.1, 0.15) is 0 Å². The molecular weight excluding hydrogens is 501 g/mol. The van der Waals surface area contributed by atoms with Gasteiger partial charge < -0.3 is 0 Å². The van der Waals surface area contributed by atoms with Gasteiger partial charge in [-0.3, -0.25) is 0 Å². The van der Waals surface area contributed by atoms with Crippen molar-refractivity contribution in [1.82, 2.24) is 0 Å². The molecular formula is C31H32S4. The molecule has 7 rings (SSSR count). The lowest BCUT2D eigenvalue weighted by atomic mass is 9.95. The second-order valence-electron chi connectivity index (χ2n) is 10.7. The van der Waals surface area contributed by atoms with Crippen LogP contribution in [0.4, 0.5) is 0 Å². The van der Waals surface area contributed by atoms with Crippen LogP contribution in [0, 0.1) is 11.8 Å². The van der Waals surface area contributed by atoms with Gasteiger partial charge in [-0.2, -0.15) is 0 Å². The first-order chi connectivity index (χ1) is 17.2. The van der Waals surface area contributed by atoms with Gasteiger partial charge in [0.2, 0.25) is 0 Å². The predicted octanol–water partition coefficient (Wildman–Crippen LogP) is 10.3. The van der Waals surface area contributed by atoms with E-state index in [1.165, 1.54) is 49.6 Å². The molecule has 180 valence electrons. The number of thioether (sulfide) groups is 3. The average molecular weight is 533 g/mol. The molecule has 2 aromatic rings. The molecule has 5 unspecified atom stereocenters. The summed E-state index contributed by atoms with van der Waals surface area (Å²) in [6.45, 7) is 2.31. The zero-order valence-electron chi connectivity index (χ0n) is 20.2. The molecule has 0 radical (unpaired) electrons. The molecule has 0 saturated carbocycles. The summed E-state index contributed by atoms with van der Waals surface area (Å²) in [5.74, 6) is 1.45. The predicted molar refractivity (Wildman–Crippen MR) is 159 cm³/mol. The lowest BCUT2D eigenvalue weighted by Gasteiger charge is -2.14. The number of rotatable bonds is 6. The van der Waals surface area contributed by atoms with Crippen molar-refractivity contribution in [1.29, 1.82) is 0 Å². The first-order valence-corrected chi connectivity index (χ1v) is 16.7. The lowest BCUT2D eigenvalue weighted by molar-refractivity contribution is 0.600. The summed E-state index contributed by atoms with van der Waals surface area (Å²) in [4.78, 5) is 6.43. The minimum Gasteiger partial charge on any atom is -0.139 e.